The molecule has 0 atom stereocenters. The number of thiazole rings is 1. The minimum Gasteiger partial charge on any atom is -0.455 e. The Morgan fingerprint density at radius 1 is 1.28 bits per heavy atom. The minimum atomic E-state index is -0.441. The summed E-state index contributed by atoms with van der Waals surface area (Å²) in [5.74, 6) is 0.670. The quantitative estimate of drug-likeness (QED) is 0.536. The first-order valence-electron chi connectivity index (χ1n) is 8.90. The Kier molecular flexibility index (Phi) is 7.05. The van der Waals surface area contributed by atoms with Gasteiger partial charge in [0.15, 0.2) is 6.61 Å². The molecule has 9 heteroatoms. The maximum absolute atomic E-state index is 12.1. The summed E-state index contributed by atoms with van der Waals surface area (Å²) >= 11 is 2.96. The highest BCUT2D eigenvalue weighted by Gasteiger charge is 2.12. The molecule has 1 aromatic carbocycles. The van der Waals surface area contributed by atoms with Gasteiger partial charge in [0.25, 0.3) is 5.91 Å². The van der Waals surface area contributed by atoms with Gasteiger partial charge in [0.1, 0.15) is 5.76 Å². The molecular weight excluding hydrogens is 410 g/mol. The van der Waals surface area contributed by atoms with Crippen LogP contribution in [0.15, 0.2) is 34.2 Å². The van der Waals surface area contributed by atoms with E-state index in [1.54, 1.807) is 17.4 Å². The second-order valence-corrected chi connectivity index (χ2v) is 8.38. The van der Waals surface area contributed by atoms with Crippen molar-refractivity contribution in [2.24, 2.45) is 0 Å². The molecule has 0 spiro atoms. The van der Waals surface area contributed by atoms with Gasteiger partial charge in [0, 0.05) is 27.9 Å². The molecule has 0 radical (unpaired) electrons. The third-order valence-electron chi connectivity index (χ3n) is 4.07. The first-order chi connectivity index (χ1) is 13.9. The van der Waals surface area contributed by atoms with Crippen LogP contribution in [0.4, 0.5) is 5.69 Å². The van der Waals surface area contributed by atoms with Crippen molar-refractivity contribution >= 4 is 40.7 Å². The number of aromatic nitrogens is 2. The van der Waals surface area contributed by atoms with E-state index in [1.807, 2.05) is 44.4 Å². The van der Waals surface area contributed by atoms with Gasteiger partial charge in [-0.3, -0.25) is 9.59 Å². The van der Waals surface area contributed by atoms with Crippen molar-refractivity contribution < 1.29 is 18.8 Å². The molecule has 3 rings (SSSR count). The van der Waals surface area contributed by atoms with Crippen LogP contribution in [0.2, 0.25) is 0 Å². The van der Waals surface area contributed by atoms with Crippen molar-refractivity contribution in [2.45, 2.75) is 26.5 Å². The highest BCUT2D eigenvalue weighted by molar-refractivity contribution is 7.99. The van der Waals surface area contributed by atoms with Crippen molar-refractivity contribution in [3.05, 3.63) is 51.7 Å². The average molecular weight is 432 g/mol. The number of hydrogen-bond acceptors (Lipinski definition) is 8. The number of hydrogen-bond donors (Lipinski definition) is 1. The SMILES string of the molecule is Cc1nc(-c2cccc(NC(=O)COC(=O)CSCc3c(C)noc3C)c2)cs1. The van der Waals surface area contributed by atoms with E-state index >= 15 is 0 Å². The van der Waals surface area contributed by atoms with Crippen molar-refractivity contribution in [3.8, 4) is 11.3 Å². The fourth-order valence-corrected chi connectivity index (χ4v) is 4.17. The number of amides is 1. The maximum Gasteiger partial charge on any atom is 0.316 e. The molecule has 1 amide bonds. The largest absolute Gasteiger partial charge is 0.455 e. The monoisotopic (exact) mass is 431 g/mol. The molecule has 0 saturated heterocycles. The summed E-state index contributed by atoms with van der Waals surface area (Å²) in [5.41, 5.74) is 4.21. The zero-order valence-corrected chi connectivity index (χ0v) is 18.0. The molecule has 2 heterocycles. The maximum atomic E-state index is 12.1. The third kappa shape index (κ3) is 5.91. The van der Waals surface area contributed by atoms with Crippen LogP contribution in [-0.2, 0) is 20.1 Å². The third-order valence-corrected chi connectivity index (χ3v) is 5.78. The summed E-state index contributed by atoms with van der Waals surface area (Å²) in [6.07, 6.45) is 0. The number of carbonyl (C=O) groups excluding carboxylic acids is 2. The molecule has 0 aliphatic heterocycles. The number of aryl methyl sites for hydroxylation is 3. The zero-order valence-electron chi connectivity index (χ0n) is 16.4. The Hall–Kier alpha value is -2.65. The summed E-state index contributed by atoms with van der Waals surface area (Å²) in [6.45, 7) is 5.31. The van der Waals surface area contributed by atoms with E-state index in [2.05, 4.69) is 15.5 Å². The van der Waals surface area contributed by atoms with Gasteiger partial charge in [-0.05, 0) is 32.9 Å². The lowest BCUT2D eigenvalue weighted by Gasteiger charge is -2.08. The molecule has 3 aromatic rings. The van der Waals surface area contributed by atoms with Gasteiger partial charge < -0.3 is 14.6 Å². The minimum absolute atomic E-state index is 0.149. The van der Waals surface area contributed by atoms with Crippen molar-refractivity contribution in [1.29, 1.82) is 0 Å². The zero-order chi connectivity index (χ0) is 20.8. The van der Waals surface area contributed by atoms with E-state index in [0.29, 0.717) is 11.4 Å². The fraction of sp³-hybridized carbons (Fsp3) is 0.300. The molecule has 152 valence electrons. The van der Waals surface area contributed by atoms with Gasteiger partial charge in [-0.15, -0.1) is 23.1 Å². The molecule has 29 heavy (non-hydrogen) atoms. The van der Waals surface area contributed by atoms with Crippen molar-refractivity contribution in [1.82, 2.24) is 10.1 Å². The van der Waals surface area contributed by atoms with Crippen LogP contribution in [0.5, 0.6) is 0 Å². The summed E-state index contributed by atoms with van der Waals surface area (Å²) in [5, 5.41) is 9.57. The van der Waals surface area contributed by atoms with Gasteiger partial charge in [-0.25, -0.2) is 4.98 Å². The van der Waals surface area contributed by atoms with Gasteiger partial charge >= 0.3 is 5.97 Å². The Morgan fingerprint density at radius 2 is 2.10 bits per heavy atom. The standard InChI is InChI=1S/C20H21N3O4S2/c1-12-17(13(2)27-23-12)9-28-11-20(25)26-8-19(24)22-16-6-4-5-15(7-16)18-10-29-14(3)21-18/h4-7,10H,8-9,11H2,1-3H3,(H,22,24). The number of benzene rings is 1. The number of nitrogens with zero attached hydrogens (tertiary/aromatic N) is 2. The number of esters is 1. The molecule has 0 unspecified atom stereocenters. The molecule has 7 nitrogen and oxygen atoms in total. The number of carbonyl (C=O) groups is 2. The first kappa shape index (κ1) is 21.1. The van der Waals surface area contributed by atoms with Crippen LogP contribution >= 0.6 is 23.1 Å². The average Bonchev–Trinajstić information content (AvgIpc) is 3.27. The highest BCUT2D eigenvalue weighted by atomic mass is 32.2. The van der Waals surface area contributed by atoms with Crippen molar-refractivity contribution in [2.75, 3.05) is 17.7 Å². The number of rotatable bonds is 8. The van der Waals surface area contributed by atoms with Crippen LogP contribution in [0.25, 0.3) is 11.3 Å². The van der Waals surface area contributed by atoms with Crippen LogP contribution in [-0.4, -0.2) is 34.4 Å². The molecule has 0 aliphatic carbocycles. The van der Waals surface area contributed by atoms with Crippen LogP contribution < -0.4 is 5.32 Å². The summed E-state index contributed by atoms with van der Waals surface area (Å²) in [6, 6.07) is 7.40. The lowest BCUT2D eigenvalue weighted by molar-refractivity contribution is -0.144. The molecule has 0 aliphatic rings. The van der Waals surface area contributed by atoms with Crippen LogP contribution in [0.3, 0.4) is 0 Å². The predicted octanol–water partition coefficient (Wildman–Crippen LogP) is 4.14. The molecular formula is C20H21N3O4S2. The topological polar surface area (TPSA) is 94.3 Å². The normalized spacial score (nSPS) is 10.7. The predicted molar refractivity (Wildman–Crippen MR) is 114 cm³/mol. The number of thioether (sulfide) groups is 1. The Labute approximate surface area is 176 Å². The van der Waals surface area contributed by atoms with E-state index in [-0.39, 0.29) is 18.3 Å². The van der Waals surface area contributed by atoms with E-state index in [4.69, 9.17) is 9.26 Å². The van der Waals surface area contributed by atoms with Crippen LogP contribution in [0.1, 0.15) is 22.0 Å². The van der Waals surface area contributed by atoms with E-state index in [9.17, 15) is 9.59 Å². The molecule has 0 saturated carbocycles. The summed E-state index contributed by atoms with van der Waals surface area (Å²) in [7, 11) is 0. The number of ether oxygens (including phenoxy) is 1. The Balaban J connectivity index is 1.43. The number of nitrogens with one attached hydrogen (secondary N) is 1. The van der Waals surface area contributed by atoms with E-state index in [1.165, 1.54) is 11.8 Å². The van der Waals surface area contributed by atoms with E-state index < -0.39 is 5.97 Å². The second-order valence-electron chi connectivity index (χ2n) is 6.34. The van der Waals surface area contributed by atoms with Gasteiger partial charge in [0.05, 0.1) is 22.1 Å². The van der Waals surface area contributed by atoms with Gasteiger partial charge in [-0.2, -0.15) is 0 Å². The molecule has 0 bridgehead atoms. The number of anilines is 1. The van der Waals surface area contributed by atoms with Gasteiger partial charge in [-0.1, -0.05) is 17.3 Å². The summed E-state index contributed by atoms with van der Waals surface area (Å²) < 4.78 is 10.1. The second kappa shape index (κ2) is 9.71. The smallest absolute Gasteiger partial charge is 0.316 e. The molecule has 0 fully saturated rings. The molecule has 2 aromatic heterocycles. The van der Waals surface area contributed by atoms with Gasteiger partial charge in [0.2, 0.25) is 0 Å². The van der Waals surface area contributed by atoms with Crippen molar-refractivity contribution in [3.63, 3.8) is 0 Å². The Morgan fingerprint density at radius 3 is 2.79 bits per heavy atom. The highest BCUT2D eigenvalue weighted by Crippen LogP contribution is 2.24. The lowest BCUT2D eigenvalue weighted by atomic mass is 10.1. The Bertz CT molecular complexity index is 993. The van der Waals surface area contributed by atoms with E-state index in [0.717, 1.165) is 33.3 Å². The van der Waals surface area contributed by atoms with Crippen LogP contribution in [0, 0.1) is 20.8 Å². The molecule has 1 N–H and O–H groups in total. The fourth-order valence-electron chi connectivity index (χ4n) is 2.58. The lowest BCUT2D eigenvalue weighted by Crippen LogP contribution is -2.21. The first-order valence-corrected chi connectivity index (χ1v) is 10.9. The summed E-state index contributed by atoms with van der Waals surface area (Å²) in [4.78, 5) is 28.4.